The Morgan fingerprint density at radius 1 is 1.23 bits per heavy atom. The molecule has 0 saturated carbocycles. The molecule has 0 aliphatic carbocycles. The monoisotopic (exact) mass is 303 g/mol. The fraction of sp³-hybridized carbons (Fsp3) is 0.632. The second-order valence-corrected chi connectivity index (χ2v) is 6.40. The Hall–Kier alpha value is -1.35. The number of ether oxygens (including phenoxy) is 1. The SMILES string of the molecule is CCC(C)[C@@H]1N(C(=O)c2ccccc2)C(C)OC1(CC)CC. The Bertz CT molecular complexity index is 495. The van der Waals surface area contributed by atoms with Crippen molar-refractivity contribution in [2.24, 2.45) is 5.92 Å². The predicted octanol–water partition coefficient (Wildman–Crippen LogP) is 4.48. The molecule has 0 bridgehead atoms. The molecule has 1 aromatic carbocycles. The molecule has 3 heteroatoms. The van der Waals surface area contributed by atoms with Crippen molar-refractivity contribution in [1.82, 2.24) is 4.90 Å². The van der Waals surface area contributed by atoms with Gasteiger partial charge < -0.3 is 9.64 Å². The molecule has 122 valence electrons. The highest BCUT2D eigenvalue weighted by Gasteiger charge is 2.53. The van der Waals surface area contributed by atoms with E-state index in [9.17, 15) is 4.79 Å². The van der Waals surface area contributed by atoms with Crippen LogP contribution in [0, 0.1) is 5.92 Å². The lowest BCUT2D eigenvalue weighted by atomic mass is 9.80. The Labute approximate surface area is 134 Å². The number of carbonyl (C=O) groups excluding carboxylic acids is 1. The minimum Gasteiger partial charge on any atom is -0.350 e. The van der Waals surface area contributed by atoms with Gasteiger partial charge in [-0.2, -0.15) is 0 Å². The summed E-state index contributed by atoms with van der Waals surface area (Å²) in [4.78, 5) is 15.0. The highest BCUT2D eigenvalue weighted by atomic mass is 16.5. The van der Waals surface area contributed by atoms with E-state index in [0.717, 1.165) is 24.8 Å². The molecule has 0 spiro atoms. The molecule has 1 aliphatic heterocycles. The van der Waals surface area contributed by atoms with Gasteiger partial charge in [0, 0.05) is 5.56 Å². The average molecular weight is 303 g/mol. The van der Waals surface area contributed by atoms with Gasteiger partial charge in [-0.05, 0) is 37.8 Å². The van der Waals surface area contributed by atoms with Gasteiger partial charge in [-0.15, -0.1) is 0 Å². The van der Waals surface area contributed by atoms with Crippen molar-refractivity contribution in [3.63, 3.8) is 0 Å². The number of amides is 1. The molecule has 0 N–H and O–H groups in total. The lowest BCUT2D eigenvalue weighted by Crippen LogP contribution is -2.51. The van der Waals surface area contributed by atoms with Crippen LogP contribution in [0.3, 0.4) is 0 Å². The summed E-state index contributed by atoms with van der Waals surface area (Å²) in [5.74, 6) is 0.500. The predicted molar refractivity (Wildman–Crippen MR) is 89.7 cm³/mol. The van der Waals surface area contributed by atoms with Crippen LogP contribution in [-0.2, 0) is 4.74 Å². The van der Waals surface area contributed by atoms with Gasteiger partial charge in [0.2, 0.25) is 0 Å². The van der Waals surface area contributed by atoms with E-state index in [-0.39, 0.29) is 23.8 Å². The Kier molecular flexibility index (Phi) is 5.28. The van der Waals surface area contributed by atoms with Crippen LogP contribution >= 0.6 is 0 Å². The molecule has 1 aromatic rings. The van der Waals surface area contributed by atoms with Gasteiger partial charge in [0.05, 0.1) is 11.6 Å². The molecular weight excluding hydrogens is 274 g/mol. The van der Waals surface area contributed by atoms with Crippen molar-refractivity contribution in [3.8, 4) is 0 Å². The Balaban J connectivity index is 2.41. The number of carbonyl (C=O) groups is 1. The number of benzene rings is 1. The molecule has 1 aliphatic rings. The summed E-state index contributed by atoms with van der Waals surface area (Å²) in [7, 11) is 0. The van der Waals surface area contributed by atoms with Crippen molar-refractivity contribution in [2.45, 2.75) is 71.8 Å². The van der Waals surface area contributed by atoms with E-state index in [0.29, 0.717) is 5.92 Å². The Morgan fingerprint density at radius 3 is 2.32 bits per heavy atom. The first kappa shape index (κ1) is 17.0. The van der Waals surface area contributed by atoms with Crippen LogP contribution in [0.1, 0.15) is 64.2 Å². The molecule has 3 nitrogen and oxygen atoms in total. The minimum atomic E-state index is -0.223. The molecule has 1 heterocycles. The number of nitrogens with zero attached hydrogens (tertiary/aromatic N) is 1. The third kappa shape index (κ3) is 2.79. The summed E-state index contributed by atoms with van der Waals surface area (Å²) in [5.41, 5.74) is 0.522. The zero-order chi connectivity index (χ0) is 16.3. The van der Waals surface area contributed by atoms with Gasteiger partial charge in [0.15, 0.2) is 0 Å². The molecule has 2 rings (SSSR count). The van der Waals surface area contributed by atoms with E-state index < -0.39 is 0 Å². The maximum absolute atomic E-state index is 13.1. The minimum absolute atomic E-state index is 0.0853. The lowest BCUT2D eigenvalue weighted by Gasteiger charge is -2.38. The maximum Gasteiger partial charge on any atom is 0.256 e. The van der Waals surface area contributed by atoms with Crippen LogP contribution in [-0.4, -0.2) is 28.7 Å². The quantitative estimate of drug-likeness (QED) is 0.802. The third-order valence-electron chi connectivity index (χ3n) is 5.27. The van der Waals surface area contributed by atoms with Gasteiger partial charge in [0.1, 0.15) is 6.23 Å². The summed E-state index contributed by atoms with van der Waals surface area (Å²) in [6.45, 7) is 10.8. The Morgan fingerprint density at radius 2 is 1.82 bits per heavy atom. The van der Waals surface area contributed by atoms with Crippen molar-refractivity contribution in [3.05, 3.63) is 35.9 Å². The van der Waals surface area contributed by atoms with E-state index >= 15 is 0 Å². The van der Waals surface area contributed by atoms with Gasteiger partial charge in [0.25, 0.3) is 5.91 Å². The lowest BCUT2D eigenvalue weighted by molar-refractivity contribution is -0.0564. The summed E-state index contributed by atoms with van der Waals surface area (Å²) >= 11 is 0. The van der Waals surface area contributed by atoms with Crippen LogP contribution in [0.2, 0.25) is 0 Å². The largest absolute Gasteiger partial charge is 0.350 e. The van der Waals surface area contributed by atoms with Crippen molar-refractivity contribution in [2.75, 3.05) is 0 Å². The van der Waals surface area contributed by atoms with Gasteiger partial charge in [-0.3, -0.25) is 4.79 Å². The van der Waals surface area contributed by atoms with Crippen molar-refractivity contribution >= 4 is 5.91 Å². The van der Waals surface area contributed by atoms with E-state index in [4.69, 9.17) is 4.74 Å². The maximum atomic E-state index is 13.1. The molecule has 0 aromatic heterocycles. The molecule has 0 radical (unpaired) electrons. The average Bonchev–Trinajstić information content (AvgIpc) is 2.87. The zero-order valence-corrected chi connectivity index (χ0v) is 14.5. The topological polar surface area (TPSA) is 29.5 Å². The second kappa shape index (κ2) is 6.82. The molecule has 3 atom stereocenters. The summed E-state index contributed by atoms with van der Waals surface area (Å²) in [6, 6.07) is 9.69. The number of hydrogen-bond donors (Lipinski definition) is 0. The van der Waals surface area contributed by atoms with E-state index in [2.05, 4.69) is 27.7 Å². The molecule has 1 fully saturated rings. The van der Waals surface area contributed by atoms with Crippen LogP contribution in [0.25, 0.3) is 0 Å². The van der Waals surface area contributed by atoms with Crippen molar-refractivity contribution in [1.29, 1.82) is 0 Å². The second-order valence-electron chi connectivity index (χ2n) is 6.40. The number of rotatable bonds is 5. The third-order valence-corrected chi connectivity index (χ3v) is 5.27. The van der Waals surface area contributed by atoms with Crippen LogP contribution in [0.4, 0.5) is 0 Å². The fourth-order valence-electron chi connectivity index (χ4n) is 3.82. The van der Waals surface area contributed by atoms with Crippen LogP contribution in [0.5, 0.6) is 0 Å². The highest BCUT2D eigenvalue weighted by molar-refractivity contribution is 5.94. The molecule has 22 heavy (non-hydrogen) atoms. The van der Waals surface area contributed by atoms with Crippen molar-refractivity contribution < 1.29 is 9.53 Å². The molecule has 2 unspecified atom stereocenters. The van der Waals surface area contributed by atoms with E-state index in [1.165, 1.54) is 0 Å². The molecule has 1 saturated heterocycles. The number of hydrogen-bond acceptors (Lipinski definition) is 2. The van der Waals surface area contributed by atoms with E-state index in [1.54, 1.807) is 0 Å². The van der Waals surface area contributed by atoms with Gasteiger partial charge in [-0.25, -0.2) is 0 Å². The summed E-state index contributed by atoms with van der Waals surface area (Å²) in [5, 5.41) is 0. The van der Waals surface area contributed by atoms with E-state index in [1.807, 2.05) is 42.2 Å². The first-order valence-corrected chi connectivity index (χ1v) is 8.56. The van der Waals surface area contributed by atoms with Crippen LogP contribution in [0.15, 0.2) is 30.3 Å². The standard InChI is InChI=1S/C19H29NO2/c1-6-14(4)17-19(7-2,8-3)22-15(5)20(17)18(21)16-12-10-9-11-13-16/h9-15,17H,6-8H2,1-5H3/t14?,15?,17-/m0/s1. The van der Waals surface area contributed by atoms with Gasteiger partial charge >= 0.3 is 0 Å². The molecule has 1 amide bonds. The summed E-state index contributed by atoms with van der Waals surface area (Å²) < 4.78 is 6.34. The smallest absolute Gasteiger partial charge is 0.256 e. The highest BCUT2D eigenvalue weighted by Crippen LogP contribution is 2.42. The normalized spacial score (nSPS) is 25.2. The summed E-state index contributed by atoms with van der Waals surface area (Å²) in [6.07, 6.45) is 2.73. The first-order chi connectivity index (χ1) is 10.5. The first-order valence-electron chi connectivity index (χ1n) is 8.56. The molecular formula is C19H29NO2. The zero-order valence-electron chi connectivity index (χ0n) is 14.5. The van der Waals surface area contributed by atoms with Gasteiger partial charge in [-0.1, -0.05) is 52.3 Å². The van der Waals surface area contributed by atoms with Crippen LogP contribution < -0.4 is 0 Å². The fourth-order valence-corrected chi connectivity index (χ4v) is 3.82.